The van der Waals surface area contributed by atoms with E-state index in [0.29, 0.717) is 18.3 Å². The summed E-state index contributed by atoms with van der Waals surface area (Å²) in [7, 11) is 0. The lowest BCUT2D eigenvalue weighted by atomic mass is 9.89. The summed E-state index contributed by atoms with van der Waals surface area (Å²) in [5.41, 5.74) is 3.54. The molecule has 2 saturated heterocycles. The second-order valence-corrected chi connectivity index (χ2v) is 13.6. The molecule has 5 heterocycles. The largest absolute Gasteiger partial charge is 0.444 e. The van der Waals surface area contributed by atoms with Crippen molar-refractivity contribution in [1.82, 2.24) is 29.7 Å². The molecule has 0 unspecified atom stereocenters. The smallest absolute Gasteiger partial charge is 0.410 e. The van der Waals surface area contributed by atoms with Crippen molar-refractivity contribution in [2.24, 2.45) is 5.92 Å². The molecule has 2 atom stereocenters. The van der Waals surface area contributed by atoms with E-state index < -0.39 is 12.0 Å². The Kier molecular flexibility index (Phi) is 10.2. The lowest BCUT2D eigenvalue weighted by Gasteiger charge is -2.40. The summed E-state index contributed by atoms with van der Waals surface area (Å²) in [4.78, 5) is 33.9. The number of likely N-dealkylation sites (tertiary alicyclic amines) is 1. The van der Waals surface area contributed by atoms with Crippen LogP contribution in [-0.4, -0.2) is 106 Å². The normalized spacial score (nSPS) is 22.0. The maximum atomic E-state index is 13.7. The number of hydrogen-bond donors (Lipinski definition) is 1. The summed E-state index contributed by atoms with van der Waals surface area (Å²) in [6.45, 7) is 13.5. The van der Waals surface area contributed by atoms with Gasteiger partial charge in [-0.25, -0.2) is 23.5 Å². The quantitative estimate of drug-likeness (QED) is 0.366. The summed E-state index contributed by atoms with van der Waals surface area (Å²) < 4.78 is 33.0. The van der Waals surface area contributed by atoms with Gasteiger partial charge >= 0.3 is 6.09 Å². The molecule has 2 fully saturated rings. The molecule has 0 saturated carbocycles. The molecule has 3 aliphatic rings. The number of ether oxygens (including phenoxy) is 1. The van der Waals surface area contributed by atoms with E-state index in [0.717, 1.165) is 80.8 Å². The summed E-state index contributed by atoms with van der Waals surface area (Å²) >= 11 is 0. The maximum Gasteiger partial charge on any atom is 0.410 e. The number of para-hydroxylation sites is 1. The maximum absolute atomic E-state index is 13.7. The van der Waals surface area contributed by atoms with E-state index in [9.17, 15) is 13.6 Å². The number of piperazine rings is 1. The molecule has 45 heavy (non-hydrogen) atoms. The lowest BCUT2D eigenvalue weighted by Crippen LogP contribution is -2.50. The SMILES string of the molecule is C[C@@H]1Cc2c([nH]c3ccccc23)[C@@H](c2cnc(N3CCN(CC4CCN(C(=O)OC(C)(C)C)CC4)CC3)nc2)N1CC(F)F.Cl. The fourth-order valence-electron chi connectivity index (χ4n) is 7.07. The second kappa shape index (κ2) is 13.8. The van der Waals surface area contributed by atoms with Gasteiger partial charge in [-0.05, 0) is 64.5 Å². The Morgan fingerprint density at radius 3 is 2.36 bits per heavy atom. The summed E-state index contributed by atoms with van der Waals surface area (Å²) in [6.07, 6.45) is 3.70. The number of halogens is 3. The molecule has 246 valence electrons. The molecule has 6 rings (SSSR count). The van der Waals surface area contributed by atoms with Crippen LogP contribution < -0.4 is 4.90 Å². The molecular weight excluding hydrogens is 600 g/mol. The number of aromatic amines is 1. The van der Waals surface area contributed by atoms with E-state index in [4.69, 9.17) is 14.7 Å². The topological polar surface area (TPSA) is 80.8 Å². The van der Waals surface area contributed by atoms with Gasteiger partial charge in [0.25, 0.3) is 6.43 Å². The first-order chi connectivity index (χ1) is 21.1. The van der Waals surface area contributed by atoms with Gasteiger partial charge in [-0.2, -0.15) is 0 Å². The minimum absolute atomic E-state index is 0. The zero-order valence-corrected chi connectivity index (χ0v) is 27.5. The number of carbonyl (C=O) groups excluding carboxylic acids is 1. The fourth-order valence-corrected chi connectivity index (χ4v) is 7.07. The number of nitrogens with zero attached hydrogens (tertiary/aromatic N) is 6. The molecule has 0 spiro atoms. The first kappa shape index (κ1) is 33.3. The molecular formula is C33H46ClF2N7O2. The van der Waals surface area contributed by atoms with Crippen LogP contribution in [0, 0.1) is 5.92 Å². The number of anilines is 1. The molecule has 3 aromatic rings. The average molecular weight is 646 g/mol. The van der Waals surface area contributed by atoms with Crippen LogP contribution in [-0.2, 0) is 11.2 Å². The molecule has 9 nitrogen and oxygen atoms in total. The van der Waals surface area contributed by atoms with Crippen LogP contribution in [0.15, 0.2) is 36.7 Å². The number of amides is 1. The highest BCUT2D eigenvalue weighted by Crippen LogP contribution is 2.40. The van der Waals surface area contributed by atoms with Crippen molar-refractivity contribution in [3.05, 3.63) is 53.5 Å². The van der Waals surface area contributed by atoms with Crippen molar-refractivity contribution in [2.75, 3.05) is 57.3 Å². The van der Waals surface area contributed by atoms with E-state index in [-0.39, 0.29) is 37.1 Å². The van der Waals surface area contributed by atoms with E-state index >= 15 is 0 Å². The number of hydrogen-bond acceptors (Lipinski definition) is 7. The Bertz CT molecular complexity index is 1430. The highest BCUT2D eigenvalue weighted by molar-refractivity contribution is 5.86. The van der Waals surface area contributed by atoms with E-state index in [1.165, 1.54) is 5.56 Å². The fraction of sp³-hybridized carbons (Fsp3) is 0.606. The van der Waals surface area contributed by atoms with Gasteiger partial charge < -0.3 is 19.5 Å². The number of alkyl halides is 2. The van der Waals surface area contributed by atoms with Crippen molar-refractivity contribution in [3.63, 3.8) is 0 Å². The van der Waals surface area contributed by atoms with Gasteiger partial charge in [-0.3, -0.25) is 9.80 Å². The third-order valence-electron chi connectivity index (χ3n) is 9.28. The van der Waals surface area contributed by atoms with Gasteiger partial charge in [0.05, 0.1) is 12.6 Å². The average Bonchev–Trinajstić information content (AvgIpc) is 3.35. The molecule has 0 aliphatic carbocycles. The van der Waals surface area contributed by atoms with Crippen LogP contribution in [0.5, 0.6) is 0 Å². The minimum Gasteiger partial charge on any atom is -0.444 e. The number of H-pyrrole nitrogens is 1. The van der Waals surface area contributed by atoms with Crippen LogP contribution in [0.2, 0.25) is 0 Å². The predicted molar refractivity (Wildman–Crippen MR) is 174 cm³/mol. The summed E-state index contributed by atoms with van der Waals surface area (Å²) in [5.74, 6) is 1.25. The van der Waals surface area contributed by atoms with E-state index in [1.54, 1.807) is 0 Å². The zero-order valence-electron chi connectivity index (χ0n) is 26.7. The van der Waals surface area contributed by atoms with Gasteiger partial charge in [0.1, 0.15) is 5.60 Å². The van der Waals surface area contributed by atoms with Crippen LogP contribution in [0.1, 0.15) is 63.4 Å². The molecule has 1 amide bonds. The third kappa shape index (κ3) is 7.52. The molecule has 3 aliphatic heterocycles. The summed E-state index contributed by atoms with van der Waals surface area (Å²) in [5, 5.41) is 1.15. The lowest BCUT2D eigenvalue weighted by molar-refractivity contribution is 0.0168. The van der Waals surface area contributed by atoms with Crippen LogP contribution in [0.25, 0.3) is 10.9 Å². The van der Waals surface area contributed by atoms with Gasteiger partial charge in [0.2, 0.25) is 5.95 Å². The number of benzene rings is 1. The summed E-state index contributed by atoms with van der Waals surface area (Å²) in [6, 6.07) is 7.75. The Morgan fingerprint density at radius 2 is 1.71 bits per heavy atom. The van der Waals surface area contributed by atoms with Gasteiger partial charge in [-0.1, -0.05) is 18.2 Å². The number of aromatic nitrogens is 3. The second-order valence-electron chi connectivity index (χ2n) is 13.6. The first-order valence-corrected chi connectivity index (χ1v) is 16.0. The van der Waals surface area contributed by atoms with Crippen LogP contribution in [0.3, 0.4) is 0 Å². The molecule has 1 N–H and O–H groups in total. The monoisotopic (exact) mass is 645 g/mol. The number of piperidine rings is 1. The van der Waals surface area contributed by atoms with E-state index in [1.807, 2.05) is 68.1 Å². The number of carbonyl (C=O) groups is 1. The predicted octanol–water partition coefficient (Wildman–Crippen LogP) is 5.75. The van der Waals surface area contributed by atoms with Gasteiger partial charge in [-0.15, -0.1) is 12.4 Å². The zero-order chi connectivity index (χ0) is 31.0. The van der Waals surface area contributed by atoms with Crippen molar-refractivity contribution in [1.29, 1.82) is 0 Å². The third-order valence-corrected chi connectivity index (χ3v) is 9.28. The van der Waals surface area contributed by atoms with Crippen molar-refractivity contribution in [2.45, 2.75) is 71.1 Å². The first-order valence-electron chi connectivity index (χ1n) is 16.0. The molecule has 12 heteroatoms. The number of nitrogens with one attached hydrogen (secondary N) is 1. The molecule has 1 aromatic carbocycles. The van der Waals surface area contributed by atoms with Gasteiger partial charge in [0, 0.05) is 86.4 Å². The standard InChI is InChI=1S/C33H45F2N7O2.ClH/c1-22-17-26-25-7-5-6-8-27(25)38-29(26)30(42(22)21-28(34)35)24-18-36-31(37-19-24)40-15-13-39(14-16-40)20-23-9-11-41(12-10-23)32(43)44-33(2,3)4;/h5-8,18-19,22-23,28,30,38H,9-17,20-21H2,1-4H3;1H/t22-,30-;/m1./s1. The highest BCUT2D eigenvalue weighted by Gasteiger charge is 2.37. The number of fused-ring (bicyclic) bond motifs is 3. The van der Waals surface area contributed by atoms with Crippen LogP contribution >= 0.6 is 12.4 Å². The van der Waals surface area contributed by atoms with Crippen LogP contribution in [0.4, 0.5) is 19.5 Å². The molecule has 0 radical (unpaired) electrons. The van der Waals surface area contributed by atoms with Crippen molar-refractivity contribution < 1.29 is 18.3 Å². The Labute approximate surface area is 270 Å². The van der Waals surface area contributed by atoms with Crippen molar-refractivity contribution >= 4 is 35.4 Å². The minimum atomic E-state index is -2.43. The van der Waals surface area contributed by atoms with E-state index in [2.05, 4.69) is 20.9 Å². The van der Waals surface area contributed by atoms with Gasteiger partial charge in [0.15, 0.2) is 0 Å². The number of rotatable bonds is 6. The Hall–Kier alpha value is -3.02. The van der Waals surface area contributed by atoms with Crippen molar-refractivity contribution in [3.8, 4) is 0 Å². The molecule has 0 bridgehead atoms. The Balaban J connectivity index is 0.00000400. The highest BCUT2D eigenvalue weighted by atomic mass is 35.5. The molecule has 2 aromatic heterocycles. The Morgan fingerprint density at radius 1 is 1.04 bits per heavy atom.